The van der Waals surface area contributed by atoms with Gasteiger partial charge in [-0.1, -0.05) is 12.1 Å². The van der Waals surface area contributed by atoms with Gasteiger partial charge in [0.2, 0.25) is 5.91 Å². The van der Waals surface area contributed by atoms with Gasteiger partial charge in [-0.25, -0.2) is 12.8 Å². The predicted octanol–water partition coefficient (Wildman–Crippen LogP) is 2.08. The van der Waals surface area contributed by atoms with Gasteiger partial charge in [-0.15, -0.1) is 0 Å². The van der Waals surface area contributed by atoms with Crippen molar-refractivity contribution >= 4 is 27.3 Å². The first kappa shape index (κ1) is 19.6. The van der Waals surface area contributed by atoms with Gasteiger partial charge in [0, 0.05) is 24.6 Å². The van der Waals surface area contributed by atoms with E-state index >= 15 is 0 Å². The van der Waals surface area contributed by atoms with Crippen LogP contribution in [0.3, 0.4) is 0 Å². The van der Waals surface area contributed by atoms with Crippen LogP contribution in [0.15, 0.2) is 48.5 Å². The minimum Gasteiger partial charge on any atom is -0.332 e. The zero-order valence-corrected chi connectivity index (χ0v) is 15.2. The number of carbonyl (C=O) groups is 2. The lowest BCUT2D eigenvalue weighted by Gasteiger charge is -2.17. The van der Waals surface area contributed by atoms with Gasteiger partial charge in [-0.2, -0.15) is 0 Å². The van der Waals surface area contributed by atoms with Gasteiger partial charge in [0.15, 0.2) is 9.84 Å². The molecule has 138 valence electrons. The highest BCUT2D eigenvalue weighted by Gasteiger charge is 2.16. The zero-order valence-electron chi connectivity index (χ0n) is 14.4. The fourth-order valence-corrected chi connectivity index (χ4v) is 3.12. The van der Waals surface area contributed by atoms with E-state index in [-0.39, 0.29) is 12.3 Å². The van der Waals surface area contributed by atoms with E-state index in [0.717, 1.165) is 6.26 Å². The highest BCUT2D eigenvalue weighted by molar-refractivity contribution is 7.89. The van der Waals surface area contributed by atoms with Crippen LogP contribution in [-0.4, -0.2) is 45.0 Å². The maximum absolute atomic E-state index is 12.9. The van der Waals surface area contributed by atoms with Crippen molar-refractivity contribution in [2.24, 2.45) is 0 Å². The summed E-state index contributed by atoms with van der Waals surface area (Å²) in [6, 6.07) is 11.6. The molecule has 0 fully saturated rings. The first-order valence-electron chi connectivity index (χ1n) is 7.71. The molecule has 2 aromatic carbocycles. The van der Waals surface area contributed by atoms with E-state index in [1.54, 1.807) is 18.2 Å². The Morgan fingerprint density at radius 2 is 1.77 bits per heavy atom. The van der Waals surface area contributed by atoms with Crippen LogP contribution in [0.1, 0.15) is 15.9 Å². The molecular formula is C18H19FN2O4S. The molecule has 0 aliphatic carbocycles. The fourth-order valence-electron chi connectivity index (χ4n) is 2.34. The van der Waals surface area contributed by atoms with Crippen LogP contribution in [0.2, 0.25) is 0 Å². The number of sulfone groups is 1. The average molecular weight is 378 g/mol. The lowest BCUT2D eigenvalue weighted by Crippen LogP contribution is -2.35. The van der Waals surface area contributed by atoms with Crippen molar-refractivity contribution in [3.05, 3.63) is 65.5 Å². The number of nitrogens with zero attached hydrogens (tertiary/aromatic N) is 1. The Labute approximate surface area is 151 Å². The van der Waals surface area contributed by atoms with E-state index < -0.39 is 27.5 Å². The average Bonchev–Trinajstić information content (AvgIpc) is 2.55. The number of hydrogen-bond donors (Lipinski definition) is 1. The molecule has 0 bridgehead atoms. The minimum atomic E-state index is -3.21. The van der Waals surface area contributed by atoms with Crippen LogP contribution in [-0.2, 0) is 20.4 Å². The summed E-state index contributed by atoms with van der Waals surface area (Å²) in [6.07, 6.45) is 1.12. The third-order valence-corrected chi connectivity index (χ3v) is 4.32. The van der Waals surface area contributed by atoms with Gasteiger partial charge in [0.25, 0.3) is 5.91 Å². The van der Waals surface area contributed by atoms with Crippen molar-refractivity contribution in [1.29, 1.82) is 0 Å². The molecule has 2 rings (SSSR count). The summed E-state index contributed by atoms with van der Waals surface area (Å²) < 4.78 is 35.6. The molecule has 0 spiro atoms. The quantitative estimate of drug-likeness (QED) is 0.834. The highest BCUT2D eigenvalue weighted by atomic mass is 32.2. The van der Waals surface area contributed by atoms with Gasteiger partial charge in [-0.05, 0) is 42.0 Å². The topological polar surface area (TPSA) is 83.6 Å². The molecule has 6 nitrogen and oxygen atoms in total. The van der Waals surface area contributed by atoms with E-state index in [2.05, 4.69) is 5.32 Å². The van der Waals surface area contributed by atoms with Gasteiger partial charge in [0.05, 0.1) is 12.3 Å². The molecule has 0 unspecified atom stereocenters. The van der Waals surface area contributed by atoms with Crippen LogP contribution < -0.4 is 5.32 Å². The molecule has 2 aromatic rings. The maximum Gasteiger partial charge on any atom is 0.254 e. The summed E-state index contributed by atoms with van der Waals surface area (Å²) >= 11 is 0. The van der Waals surface area contributed by atoms with E-state index in [1.807, 2.05) is 0 Å². The third-order valence-electron chi connectivity index (χ3n) is 3.46. The van der Waals surface area contributed by atoms with Gasteiger partial charge in [-0.3, -0.25) is 9.59 Å². The summed E-state index contributed by atoms with van der Waals surface area (Å²) in [5, 5.41) is 2.57. The Hall–Kier alpha value is -2.74. The number of anilines is 1. The van der Waals surface area contributed by atoms with Crippen LogP contribution >= 0.6 is 0 Å². The van der Waals surface area contributed by atoms with Crippen molar-refractivity contribution in [3.8, 4) is 0 Å². The van der Waals surface area contributed by atoms with Gasteiger partial charge < -0.3 is 10.2 Å². The minimum absolute atomic E-state index is 0.164. The Balaban J connectivity index is 2.01. The number of hydrogen-bond acceptors (Lipinski definition) is 4. The number of carbonyl (C=O) groups excluding carboxylic acids is 2. The first-order chi connectivity index (χ1) is 12.1. The molecule has 0 saturated carbocycles. The predicted molar refractivity (Wildman–Crippen MR) is 97.0 cm³/mol. The monoisotopic (exact) mass is 378 g/mol. The molecule has 0 heterocycles. The molecule has 0 aliphatic rings. The SMILES string of the molecule is CN(CC(=O)Nc1ccc(F)cc1)C(=O)c1cccc(CS(C)(=O)=O)c1. The van der Waals surface area contributed by atoms with E-state index in [0.29, 0.717) is 16.8 Å². The number of nitrogens with one attached hydrogen (secondary N) is 1. The number of rotatable bonds is 6. The summed E-state index contributed by atoms with van der Waals surface area (Å²) in [6.45, 7) is -0.202. The molecule has 2 amide bonds. The largest absolute Gasteiger partial charge is 0.332 e. The normalized spacial score (nSPS) is 11.0. The summed E-state index contributed by atoms with van der Waals surface area (Å²) in [7, 11) is -1.74. The Morgan fingerprint density at radius 3 is 2.38 bits per heavy atom. The smallest absolute Gasteiger partial charge is 0.254 e. The van der Waals surface area contributed by atoms with Crippen molar-refractivity contribution in [1.82, 2.24) is 4.90 Å². The summed E-state index contributed by atoms with van der Waals surface area (Å²) in [5.74, 6) is -1.42. The molecule has 26 heavy (non-hydrogen) atoms. The Bertz CT molecular complexity index is 911. The van der Waals surface area contributed by atoms with Gasteiger partial charge >= 0.3 is 0 Å². The van der Waals surface area contributed by atoms with Crippen molar-refractivity contribution in [3.63, 3.8) is 0 Å². The number of amides is 2. The van der Waals surface area contributed by atoms with Crippen molar-refractivity contribution in [2.45, 2.75) is 5.75 Å². The second-order valence-electron chi connectivity index (χ2n) is 5.99. The number of halogens is 1. The maximum atomic E-state index is 12.9. The molecule has 0 atom stereocenters. The number of benzene rings is 2. The third kappa shape index (κ3) is 5.96. The molecule has 8 heteroatoms. The molecule has 1 N–H and O–H groups in total. The molecule has 0 saturated heterocycles. The fraction of sp³-hybridized carbons (Fsp3) is 0.222. The lowest BCUT2D eigenvalue weighted by atomic mass is 10.1. The second-order valence-corrected chi connectivity index (χ2v) is 8.13. The van der Waals surface area contributed by atoms with Gasteiger partial charge in [0.1, 0.15) is 5.82 Å². The first-order valence-corrected chi connectivity index (χ1v) is 9.77. The van der Waals surface area contributed by atoms with E-state index in [1.165, 1.54) is 42.3 Å². The highest BCUT2D eigenvalue weighted by Crippen LogP contribution is 2.12. The Kier molecular flexibility index (Phi) is 6.10. The van der Waals surface area contributed by atoms with Crippen LogP contribution in [0.25, 0.3) is 0 Å². The molecular weight excluding hydrogens is 359 g/mol. The number of likely N-dealkylation sites (N-methyl/N-ethyl adjacent to an activating group) is 1. The molecule has 0 radical (unpaired) electrons. The van der Waals surface area contributed by atoms with Crippen LogP contribution in [0, 0.1) is 5.82 Å². The molecule has 0 aromatic heterocycles. The second kappa shape index (κ2) is 8.09. The van der Waals surface area contributed by atoms with E-state index in [9.17, 15) is 22.4 Å². The summed E-state index contributed by atoms with van der Waals surface area (Å²) in [4.78, 5) is 25.7. The zero-order chi connectivity index (χ0) is 19.3. The van der Waals surface area contributed by atoms with Crippen LogP contribution in [0.4, 0.5) is 10.1 Å². The Morgan fingerprint density at radius 1 is 1.12 bits per heavy atom. The molecule has 0 aliphatic heterocycles. The van der Waals surface area contributed by atoms with Crippen LogP contribution in [0.5, 0.6) is 0 Å². The van der Waals surface area contributed by atoms with E-state index in [4.69, 9.17) is 0 Å². The standard InChI is InChI=1S/C18H19FN2O4S/c1-21(11-17(22)20-16-8-6-15(19)7-9-16)18(23)14-5-3-4-13(10-14)12-26(2,24)25/h3-10H,11-12H2,1-2H3,(H,20,22). The lowest BCUT2D eigenvalue weighted by molar-refractivity contribution is -0.116. The van der Waals surface area contributed by atoms with Crippen molar-refractivity contribution < 1.29 is 22.4 Å². The van der Waals surface area contributed by atoms with Crippen molar-refractivity contribution in [2.75, 3.05) is 25.2 Å². The summed E-state index contributed by atoms with van der Waals surface area (Å²) in [5.41, 5.74) is 1.22.